The monoisotopic (exact) mass is 207 g/mol. The van der Waals surface area contributed by atoms with Crippen molar-refractivity contribution >= 4 is 17.7 Å². The van der Waals surface area contributed by atoms with Crippen molar-refractivity contribution in [2.24, 2.45) is 11.5 Å². The van der Waals surface area contributed by atoms with E-state index in [1.165, 1.54) is 0 Å². The van der Waals surface area contributed by atoms with Gasteiger partial charge in [0.15, 0.2) is 0 Å². The third-order valence-electron chi connectivity index (χ3n) is 0.998. The van der Waals surface area contributed by atoms with Crippen molar-refractivity contribution < 1.29 is 21.6 Å². The van der Waals surface area contributed by atoms with Crippen molar-refractivity contribution in [2.75, 3.05) is 12.0 Å². The fraction of sp³-hybridized carbons (Fsp3) is 0.800. The van der Waals surface area contributed by atoms with Gasteiger partial charge in [-0.3, -0.25) is 4.79 Å². The molecular weight excluding hydrogens is 195 g/mol. The Morgan fingerprint density at radius 3 is 2.50 bits per heavy atom. The second kappa shape index (κ2) is 7.39. The van der Waals surface area contributed by atoms with Crippen molar-refractivity contribution in [3.63, 3.8) is 0 Å². The Bertz CT molecular complexity index is 102. The first-order chi connectivity index (χ1) is 4.18. The molecule has 0 unspecified atom stereocenters. The summed E-state index contributed by atoms with van der Waals surface area (Å²) in [5, 5.41) is 0. The number of hydrogen-bond donors (Lipinski definition) is 2. The average molecular weight is 207 g/mol. The molecule has 0 bridgehead atoms. The first-order valence-corrected chi connectivity index (χ1v) is 4.11. The normalized spacial score (nSPS) is 11.8. The molecule has 0 saturated carbocycles. The summed E-state index contributed by atoms with van der Waals surface area (Å²) >= 11 is 1.66. The fourth-order valence-electron chi connectivity index (χ4n) is 0.387. The molecule has 0 fully saturated rings. The third-order valence-corrected chi connectivity index (χ3v) is 1.64. The molecule has 0 aromatic rings. The van der Waals surface area contributed by atoms with Crippen molar-refractivity contribution in [3.8, 4) is 0 Å². The molecule has 1 radical (unpaired) electrons. The number of amides is 1. The summed E-state index contributed by atoms with van der Waals surface area (Å²) in [6.07, 6.45) is 2.64. The molecule has 0 saturated heterocycles. The minimum Gasteiger partial charge on any atom is -0.368 e. The van der Waals surface area contributed by atoms with Crippen LogP contribution in [0.15, 0.2) is 0 Å². The average Bonchev–Trinajstić information content (AvgIpc) is 1.82. The van der Waals surface area contributed by atoms with Gasteiger partial charge in [-0.2, -0.15) is 11.8 Å². The van der Waals surface area contributed by atoms with Gasteiger partial charge < -0.3 is 11.5 Å². The van der Waals surface area contributed by atoms with Crippen LogP contribution >= 0.6 is 11.8 Å². The molecule has 0 rings (SSSR count). The van der Waals surface area contributed by atoms with Gasteiger partial charge in [0.1, 0.15) is 0 Å². The summed E-state index contributed by atoms with van der Waals surface area (Å²) in [7, 11) is 0. The maximum atomic E-state index is 10.3. The van der Waals surface area contributed by atoms with Crippen LogP contribution in [-0.4, -0.2) is 24.0 Å². The summed E-state index contributed by atoms with van der Waals surface area (Å²) in [5.41, 5.74) is 10.2. The summed E-state index contributed by atoms with van der Waals surface area (Å²) in [5.74, 6) is 0.480. The molecule has 4 N–H and O–H groups in total. The van der Waals surface area contributed by atoms with Crippen molar-refractivity contribution in [1.82, 2.24) is 0 Å². The Hall–Kier alpha value is 0.286. The Balaban J connectivity index is 0. The van der Waals surface area contributed by atoms with Crippen molar-refractivity contribution in [2.45, 2.75) is 12.5 Å². The van der Waals surface area contributed by atoms with E-state index in [1.54, 1.807) is 11.8 Å². The molecule has 0 heterocycles. The maximum absolute atomic E-state index is 10.3. The molecule has 0 aromatic carbocycles. The summed E-state index contributed by atoms with van der Waals surface area (Å²) in [4.78, 5) is 10.3. The van der Waals surface area contributed by atoms with E-state index in [4.69, 9.17) is 11.5 Å². The molecule has 1 amide bonds. The zero-order valence-electron chi connectivity index (χ0n) is 5.80. The van der Waals surface area contributed by atoms with E-state index < -0.39 is 11.9 Å². The molecular formula is C5H12CoN2OS. The summed E-state index contributed by atoms with van der Waals surface area (Å²) in [6.45, 7) is 0. The van der Waals surface area contributed by atoms with Crippen LogP contribution in [0.5, 0.6) is 0 Å². The van der Waals surface area contributed by atoms with Crippen LogP contribution in [-0.2, 0) is 21.6 Å². The molecule has 3 nitrogen and oxygen atoms in total. The topological polar surface area (TPSA) is 69.1 Å². The number of nitrogens with two attached hydrogens (primary N) is 2. The molecule has 0 aliphatic carbocycles. The Labute approximate surface area is 75.5 Å². The van der Waals surface area contributed by atoms with Crippen LogP contribution in [0, 0.1) is 0 Å². The van der Waals surface area contributed by atoms with Gasteiger partial charge in [-0.25, -0.2) is 0 Å². The van der Waals surface area contributed by atoms with Crippen LogP contribution in [0.1, 0.15) is 6.42 Å². The van der Waals surface area contributed by atoms with E-state index in [2.05, 4.69) is 0 Å². The molecule has 10 heavy (non-hydrogen) atoms. The third kappa shape index (κ3) is 6.41. The second-order valence-corrected chi connectivity index (χ2v) is 2.78. The molecule has 63 valence electrons. The van der Waals surface area contributed by atoms with Gasteiger partial charge >= 0.3 is 0 Å². The standard InChI is InChI=1S/C5H12N2OS.Co/c1-9-3-2-4(6)5(7)8;/h4H,2-3,6H2,1H3,(H2,7,8);/t4-;/m0./s1. The minimum absolute atomic E-state index is 0. The zero-order valence-corrected chi connectivity index (χ0v) is 7.65. The fourth-order valence-corrected chi connectivity index (χ4v) is 0.877. The van der Waals surface area contributed by atoms with Crippen LogP contribution in [0.2, 0.25) is 0 Å². The van der Waals surface area contributed by atoms with E-state index >= 15 is 0 Å². The molecule has 0 aliphatic rings. The summed E-state index contributed by atoms with van der Waals surface area (Å²) < 4.78 is 0. The molecule has 5 heteroatoms. The number of hydrogen-bond acceptors (Lipinski definition) is 3. The number of rotatable bonds is 4. The van der Waals surface area contributed by atoms with Crippen LogP contribution in [0.3, 0.4) is 0 Å². The van der Waals surface area contributed by atoms with Gasteiger partial charge in [0.05, 0.1) is 6.04 Å². The number of carbonyl (C=O) groups is 1. The predicted molar refractivity (Wildman–Crippen MR) is 40.2 cm³/mol. The van der Waals surface area contributed by atoms with E-state index in [9.17, 15) is 4.79 Å². The molecule has 1 atom stereocenters. The van der Waals surface area contributed by atoms with Crippen LogP contribution in [0.25, 0.3) is 0 Å². The van der Waals surface area contributed by atoms with E-state index in [0.29, 0.717) is 6.42 Å². The van der Waals surface area contributed by atoms with Gasteiger partial charge in [-0.15, -0.1) is 0 Å². The maximum Gasteiger partial charge on any atom is 0.234 e. The Kier molecular flexibility index (Phi) is 9.55. The second-order valence-electron chi connectivity index (χ2n) is 1.79. The number of carbonyl (C=O) groups excluding carboxylic acids is 1. The Morgan fingerprint density at radius 1 is 1.70 bits per heavy atom. The molecule has 0 aliphatic heterocycles. The number of thioether (sulfide) groups is 1. The summed E-state index contributed by atoms with van der Waals surface area (Å²) in [6, 6.07) is -0.461. The van der Waals surface area contributed by atoms with Gasteiger partial charge in [0, 0.05) is 16.8 Å². The van der Waals surface area contributed by atoms with Gasteiger partial charge in [0.2, 0.25) is 5.91 Å². The predicted octanol–water partition coefficient (Wildman–Crippen LogP) is -0.450. The van der Waals surface area contributed by atoms with Crippen LogP contribution in [0.4, 0.5) is 0 Å². The quantitative estimate of drug-likeness (QED) is 0.656. The zero-order chi connectivity index (χ0) is 7.28. The molecule has 0 spiro atoms. The van der Waals surface area contributed by atoms with Gasteiger partial charge in [-0.05, 0) is 18.4 Å². The van der Waals surface area contributed by atoms with Gasteiger partial charge in [-0.1, -0.05) is 0 Å². The SMILES string of the molecule is CSCC[C@H](N)C(N)=O.[Co]. The van der Waals surface area contributed by atoms with E-state index in [1.807, 2.05) is 6.26 Å². The largest absolute Gasteiger partial charge is 0.368 e. The van der Waals surface area contributed by atoms with Crippen molar-refractivity contribution in [3.05, 3.63) is 0 Å². The molecule has 0 aromatic heterocycles. The number of primary amides is 1. The smallest absolute Gasteiger partial charge is 0.234 e. The van der Waals surface area contributed by atoms with E-state index in [0.717, 1.165) is 5.75 Å². The van der Waals surface area contributed by atoms with Gasteiger partial charge in [0.25, 0.3) is 0 Å². The first-order valence-electron chi connectivity index (χ1n) is 2.72. The van der Waals surface area contributed by atoms with Crippen LogP contribution < -0.4 is 11.5 Å². The Morgan fingerprint density at radius 2 is 2.20 bits per heavy atom. The minimum atomic E-state index is -0.461. The van der Waals surface area contributed by atoms with E-state index in [-0.39, 0.29) is 16.8 Å². The first kappa shape index (κ1) is 12.9. The van der Waals surface area contributed by atoms with Crippen molar-refractivity contribution in [1.29, 1.82) is 0 Å².